The molecule has 0 saturated carbocycles. The second-order valence-electron chi connectivity index (χ2n) is 6.72. The molecule has 2 heterocycles. The van der Waals surface area contributed by atoms with E-state index < -0.39 is 5.82 Å². The third kappa shape index (κ3) is 4.05. The molecule has 0 saturated heterocycles. The van der Waals surface area contributed by atoms with E-state index in [4.69, 9.17) is 4.74 Å². The van der Waals surface area contributed by atoms with E-state index in [0.717, 1.165) is 5.56 Å². The van der Waals surface area contributed by atoms with Crippen molar-refractivity contribution in [1.29, 1.82) is 0 Å². The van der Waals surface area contributed by atoms with Crippen molar-refractivity contribution in [2.45, 2.75) is 6.54 Å². The molecule has 0 fully saturated rings. The molecule has 0 aliphatic rings. The Kier molecular flexibility index (Phi) is 5.26. The van der Waals surface area contributed by atoms with Gasteiger partial charge >= 0.3 is 0 Å². The summed E-state index contributed by atoms with van der Waals surface area (Å²) in [6, 6.07) is 17.8. The number of nitrogens with zero attached hydrogens (tertiary/aromatic N) is 2. The van der Waals surface area contributed by atoms with Crippen molar-refractivity contribution in [3.63, 3.8) is 0 Å². The molecule has 0 atom stereocenters. The summed E-state index contributed by atoms with van der Waals surface area (Å²) < 4.78 is 20.2. The molecule has 0 unspecified atom stereocenters. The van der Waals surface area contributed by atoms with Gasteiger partial charge < -0.3 is 14.6 Å². The zero-order chi connectivity index (χ0) is 21.1. The third-order valence-electron chi connectivity index (χ3n) is 4.67. The minimum atomic E-state index is -0.393. The van der Waals surface area contributed by atoms with Crippen LogP contribution < -0.4 is 15.6 Å². The molecular formula is C23H18FN3O3. The van der Waals surface area contributed by atoms with E-state index in [1.54, 1.807) is 43.6 Å². The van der Waals surface area contributed by atoms with E-state index in [9.17, 15) is 14.0 Å². The van der Waals surface area contributed by atoms with Gasteiger partial charge in [-0.3, -0.25) is 9.59 Å². The van der Waals surface area contributed by atoms with Gasteiger partial charge in [0, 0.05) is 43.4 Å². The molecular weight excluding hydrogens is 385 g/mol. The molecule has 1 N–H and O–H groups in total. The van der Waals surface area contributed by atoms with Crippen LogP contribution in [0.3, 0.4) is 0 Å². The lowest BCUT2D eigenvalue weighted by Gasteiger charge is -2.11. The quantitative estimate of drug-likeness (QED) is 0.550. The van der Waals surface area contributed by atoms with E-state index in [2.05, 4.69) is 10.3 Å². The number of carbonyl (C=O) groups is 1. The number of halogens is 1. The number of ether oxygens (including phenoxy) is 1. The maximum absolute atomic E-state index is 13.2. The molecule has 4 aromatic rings. The van der Waals surface area contributed by atoms with Crippen molar-refractivity contribution in [2.24, 2.45) is 7.05 Å². The number of fused-ring (bicyclic) bond motifs is 1. The number of benzene rings is 2. The molecule has 4 rings (SSSR count). The van der Waals surface area contributed by atoms with Gasteiger partial charge in [-0.15, -0.1) is 0 Å². The number of para-hydroxylation sites is 1. The first-order chi connectivity index (χ1) is 14.5. The molecule has 0 aliphatic carbocycles. The van der Waals surface area contributed by atoms with Crippen molar-refractivity contribution < 1.29 is 13.9 Å². The molecule has 0 spiro atoms. The Labute approximate surface area is 171 Å². The summed E-state index contributed by atoms with van der Waals surface area (Å²) in [4.78, 5) is 29.1. The molecule has 0 bridgehead atoms. The molecule has 7 heteroatoms. The number of aromatic nitrogens is 2. The Balaban J connectivity index is 1.46. The van der Waals surface area contributed by atoms with Crippen molar-refractivity contribution in [1.82, 2.24) is 14.9 Å². The van der Waals surface area contributed by atoms with Crippen molar-refractivity contribution in [2.75, 3.05) is 0 Å². The Morgan fingerprint density at radius 1 is 1.10 bits per heavy atom. The molecule has 1 amide bonds. The highest BCUT2D eigenvalue weighted by atomic mass is 19.1. The van der Waals surface area contributed by atoms with Crippen LogP contribution in [0.15, 0.2) is 77.7 Å². The standard InChI is InChI=1S/C23H18FN3O3/c1-27-20-8-3-2-7-18(20)19(12-22(27)28)23(29)26-14-15-9-10-21(25-13-15)30-17-6-4-5-16(24)11-17/h2-13H,14H2,1H3,(H,26,29). The Morgan fingerprint density at radius 3 is 2.70 bits per heavy atom. The number of pyridine rings is 2. The third-order valence-corrected chi connectivity index (χ3v) is 4.67. The summed E-state index contributed by atoms with van der Waals surface area (Å²) in [6.45, 7) is 0.232. The summed E-state index contributed by atoms with van der Waals surface area (Å²) in [5.74, 6) is -0.0756. The summed E-state index contributed by atoms with van der Waals surface area (Å²) in [5.41, 5.74) is 1.52. The second-order valence-corrected chi connectivity index (χ2v) is 6.72. The van der Waals surface area contributed by atoms with Crippen LogP contribution in [0.4, 0.5) is 4.39 Å². The van der Waals surface area contributed by atoms with E-state index in [1.165, 1.54) is 22.8 Å². The van der Waals surface area contributed by atoms with Crippen LogP contribution >= 0.6 is 0 Å². The Morgan fingerprint density at radius 2 is 1.93 bits per heavy atom. The number of amides is 1. The minimum Gasteiger partial charge on any atom is -0.439 e. The summed E-state index contributed by atoms with van der Waals surface area (Å²) in [5, 5.41) is 3.52. The fourth-order valence-corrected chi connectivity index (χ4v) is 3.10. The first-order valence-corrected chi connectivity index (χ1v) is 9.26. The van der Waals surface area contributed by atoms with Gasteiger partial charge in [-0.25, -0.2) is 9.37 Å². The first kappa shape index (κ1) is 19.3. The zero-order valence-corrected chi connectivity index (χ0v) is 16.1. The average Bonchev–Trinajstić information content (AvgIpc) is 2.75. The Hall–Kier alpha value is -4.00. The number of nitrogens with one attached hydrogen (secondary N) is 1. The lowest BCUT2D eigenvalue weighted by molar-refractivity contribution is 0.0952. The fourth-order valence-electron chi connectivity index (χ4n) is 3.10. The van der Waals surface area contributed by atoms with Crippen LogP contribution in [0, 0.1) is 5.82 Å². The van der Waals surface area contributed by atoms with Crippen molar-refractivity contribution in [3.05, 3.63) is 100 Å². The van der Waals surface area contributed by atoms with Crippen molar-refractivity contribution in [3.8, 4) is 11.6 Å². The van der Waals surface area contributed by atoms with Gasteiger partial charge in [0.15, 0.2) is 0 Å². The largest absolute Gasteiger partial charge is 0.439 e. The first-order valence-electron chi connectivity index (χ1n) is 9.26. The van der Waals surface area contributed by atoms with E-state index in [0.29, 0.717) is 28.1 Å². The predicted molar refractivity (Wildman–Crippen MR) is 111 cm³/mol. The van der Waals surface area contributed by atoms with Crippen LogP contribution in [0.25, 0.3) is 10.9 Å². The molecule has 0 radical (unpaired) electrons. The number of carbonyl (C=O) groups excluding carboxylic acids is 1. The number of aryl methyl sites for hydroxylation is 1. The van der Waals surface area contributed by atoms with E-state index in [-0.39, 0.29) is 18.0 Å². The molecule has 6 nitrogen and oxygen atoms in total. The highest BCUT2D eigenvalue weighted by Crippen LogP contribution is 2.20. The van der Waals surface area contributed by atoms with Gasteiger partial charge in [0.05, 0.1) is 11.1 Å². The van der Waals surface area contributed by atoms with Crippen LogP contribution in [-0.2, 0) is 13.6 Å². The number of rotatable bonds is 5. The summed E-state index contributed by atoms with van der Waals surface area (Å²) >= 11 is 0. The maximum atomic E-state index is 13.2. The van der Waals surface area contributed by atoms with Gasteiger partial charge in [-0.2, -0.15) is 0 Å². The Bertz CT molecular complexity index is 1280. The normalized spacial score (nSPS) is 10.7. The van der Waals surface area contributed by atoms with Gasteiger partial charge in [0.2, 0.25) is 5.88 Å². The summed E-state index contributed by atoms with van der Waals surface area (Å²) in [7, 11) is 1.67. The highest BCUT2D eigenvalue weighted by molar-refractivity contribution is 6.06. The van der Waals surface area contributed by atoms with Crippen LogP contribution in [0.1, 0.15) is 15.9 Å². The van der Waals surface area contributed by atoms with E-state index >= 15 is 0 Å². The van der Waals surface area contributed by atoms with Gasteiger partial charge in [-0.1, -0.05) is 30.3 Å². The molecule has 30 heavy (non-hydrogen) atoms. The number of hydrogen-bond donors (Lipinski definition) is 1. The summed E-state index contributed by atoms with van der Waals surface area (Å²) in [6.07, 6.45) is 1.57. The molecule has 2 aromatic carbocycles. The van der Waals surface area contributed by atoms with Gasteiger partial charge in [-0.05, 0) is 23.8 Å². The topological polar surface area (TPSA) is 73.2 Å². The highest BCUT2D eigenvalue weighted by Gasteiger charge is 2.13. The fraction of sp³-hybridized carbons (Fsp3) is 0.0870. The average molecular weight is 403 g/mol. The minimum absolute atomic E-state index is 0.232. The lowest BCUT2D eigenvalue weighted by Crippen LogP contribution is -2.26. The molecule has 0 aliphatic heterocycles. The van der Waals surface area contributed by atoms with Gasteiger partial charge in [0.1, 0.15) is 11.6 Å². The van der Waals surface area contributed by atoms with Crippen LogP contribution in [0.5, 0.6) is 11.6 Å². The van der Waals surface area contributed by atoms with Gasteiger partial charge in [0.25, 0.3) is 11.5 Å². The predicted octanol–water partition coefficient (Wildman–Crippen LogP) is 3.79. The smallest absolute Gasteiger partial charge is 0.252 e. The SMILES string of the molecule is Cn1c(=O)cc(C(=O)NCc2ccc(Oc3cccc(F)c3)nc2)c2ccccc21. The van der Waals surface area contributed by atoms with Crippen molar-refractivity contribution >= 4 is 16.8 Å². The molecule has 2 aromatic heterocycles. The second kappa shape index (κ2) is 8.16. The lowest BCUT2D eigenvalue weighted by atomic mass is 10.1. The van der Waals surface area contributed by atoms with Crippen LogP contribution in [0.2, 0.25) is 0 Å². The zero-order valence-electron chi connectivity index (χ0n) is 16.1. The maximum Gasteiger partial charge on any atom is 0.252 e. The van der Waals surface area contributed by atoms with E-state index in [1.807, 2.05) is 18.2 Å². The van der Waals surface area contributed by atoms with Crippen LogP contribution in [-0.4, -0.2) is 15.5 Å². The monoisotopic (exact) mass is 403 g/mol. The number of hydrogen-bond acceptors (Lipinski definition) is 4. The molecule has 150 valence electrons.